The quantitative estimate of drug-likeness (QED) is 0.657. The molecule has 1 heterocycles. The predicted octanol–water partition coefficient (Wildman–Crippen LogP) is 3.28. The Labute approximate surface area is 132 Å². The standard InChI is InChI=1S/C16H15N3O4/c1-9-5-13(20)6-10(2)15(9)18-14-4-3-12(19(22)23)7-11(14)8-17-16(18)21/h3-7,20H,8H2,1-2H3,(H,17,21). The van der Waals surface area contributed by atoms with Crippen molar-refractivity contribution in [2.24, 2.45) is 0 Å². The van der Waals surface area contributed by atoms with Crippen molar-refractivity contribution in [3.8, 4) is 5.75 Å². The monoisotopic (exact) mass is 313 g/mol. The number of hydrogen-bond donors (Lipinski definition) is 2. The summed E-state index contributed by atoms with van der Waals surface area (Å²) < 4.78 is 0. The van der Waals surface area contributed by atoms with E-state index in [9.17, 15) is 20.0 Å². The average molecular weight is 313 g/mol. The van der Waals surface area contributed by atoms with Gasteiger partial charge in [-0.25, -0.2) is 4.79 Å². The summed E-state index contributed by atoms with van der Waals surface area (Å²) in [5, 5.41) is 23.3. The Morgan fingerprint density at radius 1 is 1.22 bits per heavy atom. The zero-order valence-corrected chi connectivity index (χ0v) is 12.7. The van der Waals surface area contributed by atoms with Gasteiger partial charge in [0, 0.05) is 24.2 Å². The molecule has 0 aliphatic carbocycles. The minimum Gasteiger partial charge on any atom is -0.508 e. The van der Waals surface area contributed by atoms with Gasteiger partial charge in [-0.05, 0) is 43.2 Å². The van der Waals surface area contributed by atoms with Crippen molar-refractivity contribution in [2.45, 2.75) is 20.4 Å². The molecule has 2 aromatic carbocycles. The number of benzene rings is 2. The number of urea groups is 1. The molecule has 0 aromatic heterocycles. The maximum absolute atomic E-state index is 12.4. The molecule has 0 unspecified atom stereocenters. The minimum atomic E-state index is -0.460. The Hall–Kier alpha value is -3.09. The summed E-state index contributed by atoms with van der Waals surface area (Å²) in [5.74, 6) is 0.130. The maximum atomic E-state index is 12.4. The highest BCUT2D eigenvalue weighted by Gasteiger charge is 2.29. The number of fused-ring (bicyclic) bond motifs is 1. The van der Waals surface area contributed by atoms with E-state index in [1.807, 2.05) is 0 Å². The number of amides is 2. The zero-order valence-electron chi connectivity index (χ0n) is 12.7. The van der Waals surface area contributed by atoms with E-state index in [1.165, 1.54) is 17.0 Å². The minimum absolute atomic E-state index is 0.0148. The smallest absolute Gasteiger partial charge is 0.326 e. The number of phenolic OH excluding ortho intramolecular Hbond substituents is 1. The fraction of sp³-hybridized carbons (Fsp3) is 0.188. The van der Waals surface area contributed by atoms with Crippen LogP contribution in [0.25, 0.3) is 0 Å². The number of hydrogen-bond acceptors (Lipinski definition) is 4. The summed E-state index contributed by atoms with van der Waals surface area (Å²) in [6, 6.07) is 7.29. The maximum Gasteiger partial charge on any atom is 0.326 e. The molecule has 0 bridgehead atoms. The van der Waals surface area contributed by atoms with Crippen LogP contribution in [0.2, 0.25) is 0 Å². The number of non-ortho nitro benzene ring substituents is 1. The van der Waals surface area contributed by atoms with Gasteiger partial charge in [0.25, 0.3) is 5.69 Å². The van der Waals surface area contributed by atoms with Crippen LogP contribution in [0, 0.1) is 24.0 Å². The van der Waals surface area contributed by atoms with Gasteiger partial charge < -0.3 is 10.4 Å². The van der Waals surface area contributed by atoms with Crippen LogP contribution in [-0.4, -0.2) is 16.1 Å². The average Bonchev–Trinajstić information content (AvgIpc) is 2.48. The lowest BCUT2D eigenvalue weighted by atomic mass is 10.0. The normalized spacial score (nSPS) is 13.5. The lowest BCUT2D eigenvalue weighted by Gasteiger charge is -2.32. The lowest BCUT2D eigenvalue weighted by Crippen LogP contribution is -2.41. The second kappa shape index (κ2) is 5.28. The molecule has 7 nitrogen and oxygen atoms in total. The molecule has 0 fully saturated rings. The molecular formula is C16H15N3O4. The predicted molar refractivity (Wildman–Crippen MR) is 85.1 cm³/mol. The van der Waals surface area contributed by atoms with Crippen LogP contribution in [0.1, 0.15) is 16.7 Å². The van der Waals surface area contributed by atoms with E-state index in [0.29, 0.717) is 16.9 Å². The number of nitro benzene ring substituents is 1. The van der Waals surface area contributed by atoms with Crippen molar-refractivity contribution in [1.29, 1.82) is 0 Å². The van der Waals surface area contributed by atoms with E-state index in [1.54, 1.807) is 32.0 Å². The van der Waals surface area contributed by atoms with Crippen molar-refractivity contribution in [3.63, 3.8) is 0 Å². The highest BCUT2D eigenvalue weighted by Crippen LogP contribution is 2.38. The largest absolute Gasteiger partial charge is 0.508 e. The van der Waals surface area contributed by atoms with Gasteiger partial charge in [0.05, 0.1) is 16.3 Å². The molecule has 0 atom stereocenters. The molecule has 23 heavy (non-hydrogen) atoms. The van der Waals surface area contributed by atoms with Gasteiger partial charge in [-0.1, -0.05) is 0 Å². The molecule has 118 valence electrons. The number of anilines is 2. The SMILES string of the molecule is Cc1cc(O)cc(C)c1N1C(=O)NCc2cc([N+](=O)[O-])ccc21. The van der Waals surface area contributed by atoms with Crippen molar-refractivity contribution >= 4 is 23.1 Å². The molecule has 2 aromatic rings. The molecule has 7 heteroatoms. The first kappa shape index (κ1) is 14.8. The highest BCUT2D eigenvalue weighted by atomic mass is 16.6. The molecule has 1 aliphatic rings. The summed E-state index contributed by atoms with van der Waals surface area (Å²) in [7, 11) is 0. The van der Waals surface area contributed by atoms with Crippen molar-refractivity contribution in [3.05, 3.63) is 57.1 Å². The van der Waals surface area contributed by atoms with Crippen LogP contribution in [0.4, 0.5) is 21.9 Å². The van der Waals surface area contributed by atoms with Crippen LogP contribution in [0.5, 0.6) is 5.75 Å². The first-order valence-electron chi connectivity index (χ1n) is 7.04. The molecular weight excluding hydrogens is 298 g/mol. The van der Waals surface area contributed by atoms with Gasteiger partial charge >= 0.3 is 6.03 Å². The van der Waals surface area contributed by atoms with Gasteiger partial charge in [-0.15, -0.1) is 0 Å². The van der Waals surface area contributed by atoms with E-state index >= 15 is 0 Å². The summed E-state index contributed by atoms with van der Waals surface area (Å²) in [6.45, 7) is 3.84. The zero-order chi connectivity index (χ0) is 16.7. The number of nitrogens with zero attached hydrogens (tertiary/aromatic N) is 2. The summed E-state index contributed by atoms with van der Waals surface area (Å²) in [4.78, 5) is 24.3. The topological polar surface area (TPSA) is 95.7 Å². The van der Waals surface area contributed by atoms with E-state index in [0.717, 1.165) is 11.1 Å². The number of aromatic hydroxyl groups is 1. The van der Waals surface area contributed by atoms with Crippen LogP contribution in [0.15, 0.2) is 30.3 Å². The Balaban J connectivity index is 2.19. The van der Waals surface area contributed by atoms with Gasteiger partial charge in [-0.2, -0.15) is 0 Å². The number of phenols is 1. The number of aryl methyl sites for hydroxylation is 2. The molecule has 2 N–H and O–H groups in total. The number of carbonyl (C=O) groups excluding carboxylic acids is 1. The van der Waals surface area contributed by atoms with Gasteiger partial charge in [0.2, 0.25) is 0 Å². The van der Waals surface area contributed by atoms with Crippen LogP contribution >= 0.6 is 0 Å². The molecule has 2 amide bonds. The molecule has 3 rings (SSSR count). The lowest BCUT2D eigenvalue weighted by molar-refractivity contribution is -0.384. The molecule has 0 radical (unpaired) electrons. The Bertz CT molecular complexity index is 809. The van der Waals surface area contributed by atoms with Crippen LogP contribution in [0.3, 0.4) is 0 Å². The molecule has 1 aliphatic heterocycles. The third kappa shape index (κ3) is 2.46. The first-order chi connectivity index (χ1) is 10.9. The van der Waals surface area contributed by atoms with Crippen LogP contribution < -0.4 is 10.2 Å². The van der Waals surface area contributed by atoms with E-state index < -0.39 is 4.92 Å². The third-order valence-corrected chi connectivity index (χ3v) is 3.85. The summed E-state index contributed by atoms with van der Waals surface area (Å²) in [5.41, 5.74) is 3.41. The fourth-order valence-electron chi connectivity index (χ4n) is 2.91. The van der Waals surface area contributed by atoms with Crippen molar-refractivity contribution in [2.75, 3.05) is 4.90 Å². The molecule has 0 spiro atoms. The summed E-state index contributed by atoms with van der Waals surface area (Å²) in [6.07, 6.45) is 0. The number of carbonyl (C=O) groups is 1. The Morgan fingerprint density at radius 3 is 2.48 bits per heavy atom. The third-order valence-electron chi connectivity index (χ3n) is 3.85. The first-order valence-corrected chi connectivity index (χ1v) is 7.04. The number of nitro groups is 1. The van der Waals surface area contributed by atoms with E-state index in [2.05, 4.69) is 5.32 Å². The Kier molecular flexibility index (Phi) is 3.40. The summed E-state index contributed by atoms with van der Waals surface area (Å²) >= 11 is 0. The van der Waals surface area contributed by atoms with Crippen molar-refractivity contribution in [1.82, 2.24) is 5.32 Å². The van der Waals surface area contributed by atoms with E-state index in [-0.39, 0.29) is 24.0 Å². The van der Waals surface area contributed by atoms with Gasteiger partial charge in [0.15, 0.2) is 0 Å². The number of nitrogens with one attached hydrogen (secondary N) is 1. The second-order valence-electron chi connectivity index (χ2n) is 5.49. The van der Waals surface area contributed by atoms with Crippen molar-refractivity contribution < 1.29 is 14.8 Å². The number of rotatable bonds is 2. The molecule has 0 saturated heterocycles. The van der Waals surface area contributed by atoms with E-state index in [4.69, 9.17) is 0 Å². The van der Waals surface area contributed by atoms with Gasteiger partial charge in [0.1, 0.15) is 5.75 Å². The van der Waals surface area contributed by atoms with Gasteiger partial charge in [-0.3, -0.25) is 15.0 Å². The van der Waals surface area contributed by atoms with Crippen LogP contribution in [-0.2, 0) is 6.54 Å². The molecule has 0 saturated carbocycles. The second-order valence-corrected chi connectivity index (χ2v) is 5.49. The Morgan fingerprint density at radius 2 is 1.87 bits per heavy atom. The highest BCUT2D eigenvalue weighted by molar-refractivity contribution is 6.03. The fourth-order valence-corrected chi connectivity index (χ4v) is 2.91.